The minimum absolute atomic E-state index is 0.0171. The van der Waals surface area contributed by atoms with Gasteiger partial charge in [-0.05, 0) is 51.1 Å². The number of rotatable bonds is 5. The third kappa shape index (κ3) is 3.58. The van der Waals surface area contributed by atoms with E-state index >= 15 is 0 Å². The molecule has 3 saturated heterocycles. The van der Waals surface area contributed by atoms with Crippen molar-refractivity contribution in [2.75, 3.05) is 49.1 Å². The molecule has 0 saturated carbocycles. The fraction of sp³-hybridized carbons (Fsp3) is 0.810. The molecule has 3 fully saturated rings. The highest BCUT2D eigenvalue weighted by Gasteiger charge is 2.57. The van der Waals surface area contributed by atoms with Crippen LogP contribution in [-0.4, -0.2) is 72.7 Å². The van der Waals surface area contributed by atoms with Gasteiger partial charge in [-0.2, -0.15) is 18.2 Å². The first-order chi connectivity index (χ1) is 15.3. The van der Waals surface area contributed by atoms with Crippen molar-refractivity contribution in [3.63, 3.8) is 0 Å². The fourth-order valence-electron chi connectivity index (χ4n) is 5.81. The zero-order valence-electron chi connectivity index (χ0n) is 18.1. The Kier molecular flexibility index (Phi) is 5.61. The summed E-state index contributed by atoms with van der Waals surface area (Å²) in [4.78, 5) is 20.9. The van der Waals surface area contributed by atoms with E-state index < -0.39 is 17.8 Å². The van der Waals surface area contributed by atoms with E-state index in [0.29, 0.717) is 37.9 Å². The number of piperidine rings is 1. The predicted molar refractivity (Wildman–Crippen MR) is 114 cm³/mol. The Morgan fingerprint density at radius 2 is 2.06 bits per heavy atom. The highest BCUT2D eigenvalue weighted by atomic mass is 19.4. The first-order valence-corrected chi connectivity index (χ1v) is 11.6. The average molecular weight is 457 g/mol. The lowest BCUT2D eigenvalue weighted by atomic mass is 9.81. The maximum absolute atomic E-state index is 14.0. The molecule has 1 unspecified atom stereocenters. The molecule has 0 radical (unpaired) electrons. The summed E-state index contributed by atoms with van der Waals surface area (Å²) in [5, 5.41) is 3.29. The molecule has 4 aliphatic heterocycles. The quantitative estimate of drug-likeness (QED) is 0.686. The molecular formula is C21H31F3N6O2. The monoisotopic (exact) mass is 456 g/mol. The second-order valence-electron chi connectivity index (χ2n) is 9.45. The highest BCUT2D eigenvalue weighted by molar-refractivity contribution is 5.53. The van der Waals surface area contributed by atoms with Crippen molar-refractivity contribution in [2.24, 2.45) is 11.7 Å². The van der Waals surface area contributed by atoms with E-state index in [1.54, 1.807) is 0 Å². The Morgan fingerprint density at radius 1 is 1.28 bits per heavy atom. The van der Waals surface area contributed by atoms with Crippen LogP contribution in [0.25, 0.3) is 0 Å². The van der Waals surface area contributed by atoms with Crippen LogP contribution in [0.2, 0.25) is 0 Å². The Labute approximate surface area is 184 Å². The predicted octanol–water partition coefficient (Wildman–Crippen LogP) is 1.08. The van der Waals surface area contributed by atoms with E-state index in [2.05, 4.69) is 10.3 Å². The van der Waals surface area contributed by atoms with E-state index in [0.717, 1.165) is 32.4 Å². The Bertz CT molecular complexity index is 903. The van der Waals surface area contributed by atoms with E-state index in [4.69, 9.17) is 10.5 Å². The molecule has 1 aromatic rings. The Morgan fingerprint density at radius 3 is 2.75 bits per heavy atom. The number of anilines is 2. The van der Waals surface area contributed by atoms with Crippen LogP contribution < -0.4 is 26.4 Å². The van der Waals surface area contributed by atoms with Gasteiger partial charge in [-0.3, -0.25) is 9.36 Å². The molecule has 32 heavy (non-hydrogen) atoms. The second kappa shape index (κ2) is 8.18. The maximum Gasteiger partial charge on any atom is 0.408 e. The second-order valence-corrected chi connectivity index (χ2v) is 9.45. The molecule has 3 atom stereocenters. The van der Waals surface area contributed by atoms with Crippen LogP contribution in [0.5, 0.6) is 0 Å². The Hall–Kier alpha value is -1.85. The number of hydrogen-bond donors (Lipinski definition) is 2. The van der Waals surface area contributed by atoms with Gasteiger partial charge in [0.15, 0.2) is 0 Å². The van der Waals surface area contributed by atoms with Gasteiger partial charge in [-0.25, -0.2) is 0 Å². The molecule has 5 heterocycles. The number of hydrogen-bond acceptors (Lipinski definition) is 7. The molecule has 0 aromatic carbocycles. The van der Waals surface area contributed by atoms with Crippen molar-refractivity contribution >= 4 is 11.8 Å². The lowest BCUT2D eigenvalue weighted by molar-refractivity contribution is -0.152. The number of nitrogens with zero attached hydrogens (tertiary/aromatic N) is 4. The van der Waals surface area contributed by atoms with E-state index in [1.165, 1.54) is 15.5 Å². The highest BCUT2D eigenvalue weighted by Crippen LogP contribution is 2.43. The maximum atomic E-state index is 14.0. The minimum atomic E-state index is -4.38. The summed E-state index contributed by atoms with van der Waals surface area (Å²) in [6.45, 7) is 3.52. The van der Waals surface area contributed by atoms with Crippen LogP contribution in [-0.2, 0) is 11.3 Å². The van der Waals surface area contributed by atoms with Gasteiger partial charge >= 0.3 is 6.18 Å². The van der Waals surface area contributed by atoms with Gasteiger partial charge in [-0.15, -0.1) is 0 Å². The van der Waals surface area contributed by atoms with Crippen molar-refractivity contribution in [1.29, 1.82) is 0 Å². The molecule has 0 spiro atoms. The van der Waals surface area contributed by atoms with Crippen LogP contribution in [0.4, 0.5) is 24.9 Å². The van der Waals surface area contributed by atoms with Crippen molar-refractivity contribution < 1.29 is 17.9 Å². The van der Waals surface area contributed by atoms with Crippen molar-refractivity contribution in [2.45, 2.75) is 62.5 Å². The summed E-state index contributed by atoms with van der Waals surface area (Å²) in [6, 6.07) is -0.192. The molecule has 3 N–H and O–H groups in total. The lowest BCUT2D eigenvalue weighted by Crippen LogP contribution is -2.72. The smallest absolute Gasteiger partial charge is 0.374 e. The number of fused-ring (bicyclic) bond motifs is 2. The third-order valence-corrected chi connectivity index (χ3v) is 7.82. The van der Waals surface area contributed by atoms with E-state index in [1.807, 2.05) is 4.90 Å². The topological polar surface area (TPSA) is 88.6 Å². The van der Waals surface area contributed by atoms with Crippen LogP contribution in [0.15, 0.2) is 10.9 Å². The number of nitrogens with two attached hydrogens (primary N) is 1. The molecule has 178 valence electrons. The molecule has 8 nitrogen and oxygen atoms in total. The number of nitrogens with one attached hydrogen (secondary N) is 1. The Balaban J connectivity index is 1.47. The van der Waals surface area contributed by atoms with Gasteiger partial charge < -0.3 is 25.6 Å². The number of aromatic nitrogens is 2. The van der Waals surface area contributed by atoms with Crippen LogP contribution in [0, 0.1) is 5.92 Å². The molecule has 11 heteroatoms. The summed E-state index contributed by atoms with van der Waals surface area (Å²) in [5.74, 6) is 0.912. The first-order valence-electron chi connectivity index (χ1n) is 11.6. The SMILES string of the molecule is NCC12CCO[C@@H]1CN2c1cc(=O)n2c(n1)N(CCC1CCNCC1)[C@H](C(F)(F)F)CC2. The summed E-state index contributed by atoms with van der Waals surface area (Å²) in [6.07, 6.45) is -1.26. The zero-order chi connectivity index (χ0) is 22.5. The zero-order valence-corrected chi connectivity index (χ0v) is 18.1. The van der Waals surface area contributed by atoms with Gasteiger partial charge in [0.25, 0.3) is 5.56 Å². The van der Waals surface area contributed by atoms with Gasteiger partial charge in [0, 0.05) is 38.9 Å². The standard InChI is InChI=1S/C21H31F3N6O2/c22-21(23,24)15-4-9-29-18(31)11-17(30-12-16-20(30,13-25)5-10-32-16)27-19(29)28(15)8-3-14-1-6-26-7-2-14/h11,14-16,26H,1-10,12-13,25H2/t15-,16+,20?/m0/s1. The molecule has 0 amide bonds. The summed E-state index contributed by atoms with van der Waals surface area (Å²) >= 11 is 0. The molecule has 5 rings (SSSR count). The normalized spacial score (nSPS) is 30.8. The van der Waals surface area contributed by atoms with Gasteiger partial charge in [-0.1, -0.05) is 0 Å². The van der Waals surface area contributed by atoms with E-state index in [-0.39, 0.29) is 37.1 Å². The van der Waals surface area contributed by atoms with Crippen molar-refractivity contribution in [3.05, 3.63) is 16.4 Å². The van der Waals surface area contributed by atoms with Gasteiger partial charge in [0.2, 0.25) is 5.95 Å². The number of halogens is 3. The van der Waals surface area contributed by atoms with Crippen LogP contribution in [0.1, 0.15) is 32.1 Å². The van der Waals surface area contributed by atoms with Gasteiger partial charge in [0.05, 0.1) is 11.6 Å². The van der Waals surface area contributed by atoms with E-state index in [9.17, 15) is 18.0 Å². The summed E-state index contributed by atoms with van der Waals surface area (Å²) < 4.78 is 49.0. The fourth-order valence-corrected chi connectivity index (χ4v) is 5.81. The lowest BCUT2D eigenvalue weighted by Gasteiger charge is -2.54. The average Bonchev–Trinajstić information content (AvgIpc) is 3.08. The van der Waals surface area contributed by atoms with Crippen molar-refractivity contribution in [3.8, 4) is 0 Å². The number of ether oxygens (including phenoxy) is 1. The first kappa shape index (κ1) is 22.0. The van der Waals surface area contributed by atoms with Crippen molar-refractivity contribution in [1.82, 2.24) is 14.9 Å². The molecule has 1 aromatic heterocycles. The summed E-state index contributed by atoms with van der Waals surface area (Å²) in [7, 11) is 0. The molecule has 0 bridgehead atoms. The molecule has 4 aliphatic rings. The largest absolute Gasteiger partial charge is 0.408 e. The van der Waals surface area contributed by atoms with Crippen LogP contribution in [0.3, 0.4) is 0 Å². The molecular weight excluding hydrogens is 425 g/mol. The third-order valence-electron chi connectivity index (χ3n) is 7.82. The van der Waals surface area contributed by atoms with Crippen LogP contribution >= 0.6 is 0 Å². The summed E-state index contributed by atoms with van der Waals surface area (Å²) in [5.41, 5.74) is 5.32. The van der Waals surface area contributed by atoms with Gasteiger partial charge in [0.1, 0.15) is 11.9 Å². The molecule has 0 aliphatic carbocycles. The minimum Gasteiger partial charge on any atom is -0.374 e. The number of alkyl halides is 3.